The number of hydroxylamine groups is 1. The lowest BCUT2D eigenvalue weighted by molar-refractivity contribution is -0.114. The van der Waals surface area contributed by atoms with Crippen molar-refractivity contribution in [3.05, 3.63) is 92.9 Å². The number of hydrogen-bond acceptors (Lipinski definition) is 8. The molecule has 230 valence electrons. The van der Waals surface area contributed by atoms with Crippen molar-refractivity contribution in [1.82, 2.24) is 20.2 Å². The van der Waals surface area contributed by atoms with Crippen molar-refractivity contribution in [2.75, 3.05) is 26.9 Å². The van der Waals surface area contributed by atoms with Gasteiger partial charge >= 0.3 is 0 Å². The molecule has 3 aromatic rings. The third-order valence-electron chi connectivity index (χ3n) is 7.44. The lowest BCUT2D eigenvalue weighted by Crippen LogP contribution is -2.55. The number of carbonyl (C=O) groups excluding carboxylic acids is 2. The van der Waals surface area contributed by atoms with Crippen molar-refractivity contribution < 1.29 is 23.8 Å². The summed E-state index contributed by atoms with van der Waals surface area (Å²) >= 11 is 12.8. The van der Waals surface area contributed by atoms with E-state index in [1.165, 1.54) is 19.3 Å². The maximum Gasteiger partial charge on any atom is 0.275 e. The number of rotatable bonds is 8. The van der Waals surface area contributed by atoms with Gasteiger partial charge in [-0.15, -0.1) is 0 Å². The Balaban J connectivity index is 1.77. The zero-order valence-corrected chi connectivity index (χ0v) is 25.8. The van der Waals surface area contributed by atoms with Gasteiger partial charge in [0.1, 0.15) is 18.1 Å². The Labute approximate surface area is 264 Å². The third kappa shape index (κ3) is 5.79. The van der Waals surface area contributed by atoms with Gasteiger partial charge in [0.15, 0.2) is 5.69 Å². The summed E-state index contributed by atoms with van der Waals surface area (Å²) in [5.41, 5.74) is 9.83. The number of hydrogen-bond donors (Lipinski definition) is 2. The lowest BCUT2D eigenvalue weighted by atomic mass is 9.94. The number of methoxy groups -OCH3 is 1. The van der Waals surface area contributed by atoms with Gasteiger partial charge in [-0.25, -0.2) is 4.68 Å². The average molecular weight is 640 g/mol. The number of halogens is 2. The summed E-state index contributed by atoms with van der Waals surface area (Å²) in [5, 5.41) is 16.6. The van der Waals surface area contributed by atoms with E-state index in [9.17, 15) is 14.8 Å². The van der Waals surface area contributed by atoms with Crippen LogP contribution in [0.3, 0.4) is 0 Å². The van der Waals surface area contributed by atoms with Crippen LogP contribution in [-0.2, 0) is 16.1 Å². The van der Waals surface area contributed by atoms with Gasteiger partial charge < -0.3 is 35.5 Å². The van der Waals surface area contributed by atoms with Crippen LogP contribution in [0.25, 0.3) is 22.5 Å². The number of carbonyl (C=O) groups is 2. The van der Waals surface area contributed by atoms with Gasteiger partial charge in [0.25, 0.3) is 5.91 Å². The Bertz CT molecular complexity index is 1710. The van der Waals surface area contributed by atoms with Crippen LogP contribution in [0.15, 0.2) is 60.8 Å². The van der Waals surface area contributed by atoms with Gasteiger partial charge in [0, 0.05) is 39.3 Å². The SMILES string of the molecule is C=CC(=CC(=CN[O-])C(N)=O)c1cc2c(cc1OC)OCc1c(C(=O)N3CCOCC3(C)C)nn(-c3cc(Cl)cc(Cl)c3)c1-2. The molecule has 0 atom stereocenters. The molecule has 5 rings (SSSR count). The van der Waals surface area contributed by atoms with E-state index in [-0.39, 0.29) is 23.8 Å². The minimum Gasteiger partial charge on any atom is -0.761 e. The van der Waals surface area contributed by atoms with Crippen LogP contribution in [0.4, 0.5) is 0 Å². The normalized spacial score (nSPS) is 16.0. The first-order valence-corrected chi connectivity index (χ1v) is 14.3. The fraction of sp³-hybridized carbons (Fsp3) is 0.258. The Morgan fingerprint density at radius 2 is 1.93 bits per heavy atom. The maximum atomic E-state index is 14.1. The fourth-order valence-electron chi connectivity index (χ4n) is 5.32. The van der Waals surface area contributed by atoms with Crippen molar-refractivity contribution in [3.8, 4) is 28.4 Å². The van der Waals surface area contributed by atoms with Crippen LogP contribution in [0.5, 0.6) is 11.5 Å². The highest BCUT2D eigenvalue weighted by Crippen LogP contribution is 2.46. The molecule has 11 nitrogen and oxygen atoms in total. The Hall–Kier alpha value is -4.29. The van der Waals surface area contributed by atoms with Gasteiger partial charge in [-0.1, -0.05) is 35.9 Å². The number of amides is 2. The van der Waals surface area contributed by atoms with Crippen molar-refractivity contribution in [2.45, 2.75) is 26.0 Å². The molecule has 2 aliphatic heterocycles. The van der Waals surface area contributed by atoms with E-state index in [4.69, 9.17) is 48.2 Å². The molecular weight excluding hydrogens is 609 g/mol. The van der Waals surface area contributed by atoms with Crippen molar-refractivity contribution in [2.24, 2.45) is 5.73 Å². The number of allylic oxidation sites excluding steroid dienone is 2. The molecule has 0 radical (unpaired) electrons. The molecule has 2 amide bonds. The summed E-state index contributed by atoms with van der Waals surface area (Å²) in [6, 6.07) is 8.47. The number of nitrogens with one attached hydrogen (secondary N) is 1. The van der Waals surface area contributed by atoms with Crippen LogP contribution in [-0.4, -0.2) is 58.9 Å². The first-order chi connectivity index (χ1) is 21.0. The van der Waals surface area contributed by atoms with Crippen molar-refractivity contribution in [3.63, 3.8) is 0 Å². The molecule has 0 unspecified atom stereocenters. The molecule has 3 N–H and O–H groups in total. The largest absolute Gasteiger partial charge is 0.761 e. The number of ether oxygens (including phenoxy) is 3. The molecule has 2 aromatic carbocycles. The second kappa shape index (κ2) is 12.4. The Morgan fingerprint density at radius 1 is 1.20 bits per heavy atom. The number of primary amides is 1. The lowest BCUT2D eigenvalue weighted by Gasteiger charge is -2.41. The predicted octanol–water partition coefficient (Wildman–Crippen LogP) is 5.02. The zero-order chi connectivity index (χ0) is 31.8. The maximum absolute atomic E-state index is 14.1. The van der Waals surface area contributed by atoms with E-state index in [0.29, 0.717) is 74.9 Å². The summed E-state index contributed by atoms with van der Waals surface area (Å²) < 4.78 is 19.1. The number of nitrogens with zero attached hydrogens (tertiary/aromatic N) is 3. The summed E-state index contributed by atoms with van der Waals surface area (Å²) in [5.74, 6) is -0.218. The number of aromatic nitrogens is 2. The third-order valence-corrected chi connectivity index (χ3v) is 7.87. The second-order valence-corrected chi connectivity index (χ2v) is 11.6. The first kappa shape index (κ1) is 31.1. The summed E-state index contributed by atoms with van der Waals surface area (Å²) in [7, 11) is 1.49. The first-order valence-electron chi connectivity index (χ1n) is 13.5. The molecule has 44 heavy (non-hydrogen) atoms. The molecule has 1 aromatic heterocycles. The fourth-order valence-corrected chi connectivity index (χ4v) is 5.83. The smallest absolute Gasteiger partial charge is 0.275 e. The van der Waals surface area contributed by atoms with Crippen LogP contribution in [0.2, 0.25) is 10.0 Å². The molecule has 0 bridgehead atoms. The Morgan fingerprint density at radius 3 is 2.55 bits per heavy atom. The van der Waals surface area contributed by atoms with Crippen LogP contribution >= 0.6 is 23.2 Å². The summed E-state index contributed by atoms with van der Waals surface area (Å²) in [4.78, 5) is 27.9. The number of fused-ring (bicyclic) bond motifs is 3. The van der Waals surface area contributed by atoms with Crippen LogP contribution < -0.4 is 20.7 Å². The number of morpholine rings is 1. The van der Waals surface area contributed by atoms with Crippen LogP contribution in [0, 0.1) is 5.21 Å². The highest BCUT2D eigenvalue weighted by Gasteiger charge is 2.39. The summed E-state index contributed by atoms with van der Waals surface area (Å²) in [6.07, 6.45) is 3.86. The van der Waals surface area contributed by atoms with E-state index in [1.807, 2.05) is 13.8 Å². The van der Waals surface area contributed by atoms with Gasteiger partial charge in [-0.3, -0.25) is 9.59 Å². The van der Waals surface area contributed by atoms with Gasteiger partial charge in [-0.05, 0) is 56.0 Å². The molecule has 0 aliphatic carbocycles. The standard InChI is InChI=1S/C31H30Cl2N5O6/c1-5-17(8-18(14-35-41)29(34)39)22-12-23-26(13-25(22)42-4)44-15-24-27(30(40)37-6-7-43-16-31(37,2)3)36-38(28(23)24)21-10-19(32)9-20(33)11-21/h5,8-14,35H,1,6-7,15-16H2,2-4H3,(H2,34,39)/q-1. The zero-order valence-electron chi connectivity index (χ0n) is 24.3. The van der Waals surface area contributed by atoms with Crippen LogP contribution in [0.1, 0.15) is 35.5 Å². The monoisotopic (exact) mass is 638 g/mol. The van der Waals surface area contributed by atoms with Gasteiger partial charge in [-0.2, -0.15) is 5.10 Å². The van der Waals surface area contributed by atoms with E-state index in [1.54, 1.807) is 45.4 Å². The minimum absolute atomic E-state index is 0.0544. The second-order valence-electron chi connectivity index (χ2n) is 10.8. The number of benzene rings is 2. The van der Waals surface area contributed by atoms with E-state index >= 15 is 0 Å². The Kier molecular flexibility index (Phi) is 8.76. The summed E-state index contributed by atoms with van der Waals surface area (Å²) in [6.45, 7) is 9.00. The van der Waals surface area contributed by atoms with Gasteiger partial charge in [0.2, 0.25) is 5.91 Å². The van der Waals surface area contributed by atoms with Crippen molar-refractivity contribution >= 4 is 40.6 Å². The highest BCUT2D eigenvalue weighted by atomic mass is 35.5. The van der Waals surface area contributed by atoms with Crippen molar-refractivity contribution in [1.29, 1.82) is 0 Å². The molecule has 0 spiro atoms. The molecule has 13 heteroatoms. The molecule has 1 fully saturated rings. The van der Waals surface area contributed by atoms with E-state index in [2.05, 4.69) is 6.58 Å². The predicted molar refractivity (Wildman–Crippen MR) is 168 cm³/mol. The molecule has 1 saturated heterocycles. The highest BCUT2D eigenvalue weighted by molar-refractivity contribution is 6.34. The number of nitrogens with two attached hydrogens (primary N) is 1. The molecule has 0 saturated carbocycles. The molecule has 2 aliphatic rings. The topological polar surface area (TPSA) is 144 Å². The van der Waals surface area contributed by atoms with E-state index in [0.717, 1.165) is 6.20 Å². The average Bonchev–Trinajstić information content (AvgIpc) is 3.38. The molecule has 3 heterocycles. The van der Waals surface area contributed by atoms with Gasteiger partial charge in [0.05, 0.1) is 42.8 Å². The van der Waals surface area contributed by atoms with E-state index < -0.39 is 11.4 Å². The minimum atomic E-state index is -0.819. The molecular formula is C31H30Cl2N5O6-. The quantitative estimate of drug-likeness (QED) is 0.199.